The van der Waals surface area contributed by atoms with Crippen molar-refractivity contribution in [2.45, 2.75) is 39.2 Å². The lowest BCUT2D eigenvalue weighted by atomic mass is 10.0. The topological polar surface area (TPSA) is 40.5 Å². The first-order valence-corrected chi connectivity index (χ1v) is 7.72. The normalized spacial score (nSPS) is 20.4. The second-order valence-corrected chi connectivity index (χ2v) is 6.23. The summed E-state index contributed by atoms with van der Waals surface area (Å²) in [5.41, 5.74) is 2.34. The van der Waals surface area contributed by atoms with Crippen molar-refractivity contribution in [2.24, 2.45) is 5.92 Å². The Balaban J connectivity index is 1.93. The van der Waals surface area contributed by atoms with Crippen LogP contribution in [0.2, 0.25) is 0 Å². The van der Waals surface area contributed by atoms with Crippen molar-refractivity contribution in [3.63, 3.8) is 0 Å². The van der Waals surface area contributed by atoms with Gasteiger partial charge in [-0.2, -0.15) is 0 Å². The van der Waals surface area contributed by atoms with E-state index in [1.165, 1.54) is 5.56 Å². The number of amides is 1. The highest BCUT2D eigenvalue weighted by molar-refractivity contribution is 5.91. The molecule has 2 rings (SSSR count). The molecule has 0 bridgehead atoms. The second-order valence-electron chi connectivity index (χ2n) is 6.23. The summed E-state index contributed by atoms with van der Waals surface area (Å²) in [6, 6.07) is 8.30. The van der Waals surface area contributed by atoms with E-state index < -0.39 is 0 Å². The van der Waals surface area contributed by atoms with E-state index >= 15 is 0 Å². The summed E-state index contributed by atoms with van der Waals surface area (Å²) < 4.78 is 0. The van der Waals surface area contributed by atoms with Crippen molar-refractivity contribution >= 4 is 12.0 Å². The molecule has 1 heterocycles. The van der Waals surface area contributed by atoms with E-state index in [1.54, 1.807) is 13.0 Å². The molecule has 0 saturated carbocycles. The quantitative estimate of drug-likeness (QED) is 0.865. The smallest absolute Gasteiger partial charge is 0.246 e. The van der Waals surface area contributed by atoms with E-state index in [-0.39, 0.29) is 17.9 Å². The Hall–Kier alpha value is -1.61. The fourth-order valence-electron chi connectivity index (χ4n) is 2.65. The third-order valence-corrected chi connectivity index (χ3v) is 4.24. The van der Waals surface area contributed by atoms with Crippen molar-refractivity contribution < 1.29 is 9.90 Å². The van der Waals surface area contributed by atoms with Gasteiger partial charge >= 0.3 is 0 Å². The van der Waals surface area contributed by atoms with E-state index in [4.69, 9.17) is 0 Å². The first-order valence-electron chi connectivity index (χ1n) is 7.72. The summed E-state index contributed by atoms with van der Waals surface area (Å²) in [5, 5.41) is 9.57. The lowest BCUT2D eigenvalue weighted by Gasteiger charge is -2.15. The number of carbonyl (C=O) groups excluding carboxylic acids is 1. The molecule has 1 aliphatic rings. The first kappa shape index (κ1) is 15.8. The number of benzene rings is 1. The zero-order valence-electron chi connectivity index (χ0n) is 13.1. The van der Waals surface area contributed by atoms with Gasteiger partial charge in [0.25, 0.3) is 0 Å². The van der Waals surface area contributed by atoms with Crippen LogP contribution in [0.15, 0.2) is 30.3 Å². The van der Waals surface area contributed by atoms with E-state index in [1.807, 2.05) is 23.1 Å². The van der Waals surface area contributed by atoms with Gasteiger partial charge in [0.05, 0.1) is 6.10 Å². The van der Waals surface area contributed by atoms with Crippen LogP contribution in [0.5, 0.6) is 0 Å². The standard InChI is InChI=1S/C18H25NO2/c1-13(2)16-7-4-15(5-8-16)6-9-18(21)19-11-10-17(12-19)14(3)20/h4-9,13-14,17,20H,10-12H2,1-3H3/b9-6+. The fraction of sp³-hybridized carbons (Fsp3) is 0.500. The summed E-state index contributed by atoms with van der Waals surface area (Å²) in [4.78, 5) is 13.9. The average molecular weight is 287 g/mol. The maximum atomic E-state index is 12.1. The van der Waals surface area contributed by atoms with Crippen LogP contribution in [0, 0.1) is 5.92 Å². The number of likely N-dealkylation sites (tertiary alicyclic amines) is 1. The number of rotatable bonds is 4. The molecule has 0 spiro atoms. The van der Waals surface area contributed by atoms with Crippen LogP contribution < -0.4 is 0 Å². The van der Waals surface area contributed by atoms with Crippen molar-refractivity contribution in [3.05, 3.63) is 41.5 Å². The van der Waals surface area contributed by atoms with Gasteiger partial charge < -0.3 is 10.0 Å². The van der Waals surface area contributed by atoms with Gasteiger partial charge in [0.15, 0.2) is 0 Å². The summed E-state index contributed by atoms with van der Waals surface area (Å²) in [6.07, 6.45) is 4.05. The molecule has 2 unspecified atom stereocenters. The summed E-state index contributed by atoms with van der Waals surface area (Å²) in [6.45, 7) is 7.53. The van der Waals surface area contributed by atoms with E-state index in [0.29, 0.717) is 12.5 Å². The Morgan fingerprint density at radius 3 is 2.48 bits per heavy atom. The molecule has 1 amide bonds. The summed E-state index contributed by atoms with van der Waals surface area (Å²) >= 11 is 0. The van der Waals surface area contributed by atoms with Gasteiger partial charge in [-0.05, 0) is 36.5 Å². The summed E-state index contributed by atoms with van der Waals surface area (Å²) in [5.74, 6) is 0.769. The minimum atomic E-state index is -0.338. The number of hydrogen-bond acceptors (Lipinski definition) is 2. The lowest BCUT2D eigenvalue weighted by molar-refractivity contribution is -0.125. The van der Waals surface area contributed by atoms with E-state index in [9.17, 15) is 9.90 Å². The molecule has 3 nitrogen and oxygen atoms in total. The zero-order chi connectivity index (χ0) is 15.4. The largest absolute Gasteiger partial charge is 0.393 e. The maximum absolute atomic E-state index is 12.1. The highest BCUT2D eigenvalue weighted by atomic mass is 16.3. The minimum Gasteiger partial charge on any atom is -0.393 e. The van der Waals surface area contributed by atoms with Crippen LogP contribution in [0.1, 0.15) is 44.2 Å². The Bertz CT molecular complexity index is 502. The molecule has 3 heteroatoms. The Morgan fingerprint density at radius 1 is 1.29 bits per heavy atom. The third-order valence-electron chi connectivity index (χ3n) is 4.24. The van der Waals surface area contributed by atoms with E-state index in [0.717, 1.165) is 18.5 Å². The van der Waals surface area contributed by atoms with Crippen LogP contribution in [-0.4, -0.2) is 35.1 Å². The number of nitrogens with zero attached hydrogens (tertiary/aromatic N) is 1. The van der Waals surface area contributed by atoms with Crippen LogP contribution in [0.4, 0.5) is 0 Å². The highest BCUT2D eigenvalue weighted by Gasteiger charge is 2.27. The molecular formula is C18H25NO2. The fourth-order valence-corrected chi connectivity index (χ4v) is 2.65. The SMILES string of the molecule is CC(C)c1ccc(/C=C/C(=O)N2CCC(C(C)O)C2)cc1. The Morgan fingerprint density at radius 2 is 1.95 bits per heavy atom. The van der Waals surface area contributed by atoms with Gasteiger partial charge in [-0.1, -0.05) is 38.1 Å². The third kappa shape index (κ3) is 4.18. The maximum Gasteiger partial charge on any atom is 0.246 e. The molecule has 21 heavy (non-hydrogen) atoms. The molecule has 1 aromatic carbocycles. The molecule has 0 aromatic heterocycles. The number of carbonyl (C=O) groups is 1. The van der Waals surface area contributed by atoms with Crippen LogP contribution in [0.25, 0.3) is 6.08 Å². The Kier molecular flexibility index (Phi) is 5.18. The van der Waals surface area contributed by atoms with Crippen molar-refractivity contribution in [2.75, 3.05) is 13.1 Å². The van der Waals surface area contributed by atoms with Crippen molar-refractivity contribution in [3.8, 4) is 0 Å². The molecule has 0 aliphatic carbocycles. The van der Waals surface area contributed by atoms with Crippen LogP contribution in [0.3, 0.4) is 0 Å². The monoisotopic (exact) mass is 287 g/mol. The Labute approximate surface area is 127 Å². The molecule has 1 N–H and O–H groups in total. The average Bonchev–Trinajstić information content (AvgIpc) is 2.95. The molecule has 0 radical (unpaired) electrons. The second kappa shape index (κ2) is 6.90. The molecule has 1 saturated heterocycles. The van der Waals surface area contributed by atoms with Gasteiger partial charge in [0.2, 0.25) is 5.91 Å². The van der Waals surface area contributed by atoms with Gasteiger partial charge in [-0.15, -0.1) is 0 Å². The molecule has 1 aliphatic heterocycles. The molecule has 1 aromatic rings. The molecular weight excluding hydrogens is 262 g/mol. The molecule has 114 valence electrons. The minimum absolute atomic E-state index is 0.0334. The predicted octanol–water partition coefficient (Wildman–Crippen LogP) is 3.05. The number of aliphatic hydroxyl groups is 1. The first-order chi connectivity index (χ1) is 9.97. The molecule has 1 fully saturated rings. The van der Waals surface area contributed by atoms with Gasteiger partial charge in [-0.3, -0.25) is 4.79 Å². The van der Waals surface area contributed by atoms with Gasteiger partial charge in [-0.25, -0.2) is 0 Å². The predicted molar refractivity (Wildman–Crippen MR) is 85.9 cm³/mol. The zero-order valence-corrected chi connectivity index (χ0v) is 13.1. The lowest BCUT2D eigenvalue weighted by Crippen LogP contribution is -2.28. The van der Waals surface area contributed by atoms with Gasteiger partial charge in [0.1, 0.15) is 0 Å². The van der Waals surface area contributed by atoms with Crippen LogP contribution >= 0.6 is 0 Å². The molecule has 2 atom stereocenters. The van der Waals surface area contributed by atoms with Crippen molar-refractivity contribution in [1.29, 1.82) is 0 Å². The summed E-state index contributed by atoms with van der Waals surface area (Å²) in [7, 11) is 0. The van der Waals surface area contributed by atoms with E-state index in [2.05, 4.69) is 26.0 Å². The van der Waals surface area contributed by atoms with Gasteiger partial charge in [0, 0.05) is 25.1 Å². The van der Waals surface area contributed by atoms with Crippen LogP contribution in [-0.2, 0) is 4.79 Å². The number of hydrogen-bond donors (Lipinski definition) is 1. The number of aliphatic hydroxyl groups excluding tert-OH is 1. The highest BCUT2D eigenvalue weighted by Crippen LogP contribution is 2.20. The van der Waals surface area contributed by atoms with Crippen molar-refractivity contribution in [1.82, 2.24) is 4.90 Å².